The summed E-state index contributed by atoms with van der Waals surface area (Å²) in [7, 11) is 0. The number of carbonyl (C=O) groups is 2. The van der Waals surface area contributed by atoms with Crippen LogP contribution in [0.25, 0.3) is 10.2 Å². The monoisotopic (exact) mass is 407 g/mol. The SMILES string of the molecule is CC(C)(C)NC(=O)CN1CCN(C(=O)CSc2ncnc3sccc23)CC1. The third-order valence-corrected chi connectivity index (χ3v) is 5.97. The molecule has 2 amide bonds. The first-order valence-corrected chi connectivity index (χ1v) is 10.8. The smallest absolute Gasteiger partial charge is 0.234 e. The summed E-state index contributed by atoms with van der Waals surface area (Å²) in [5.41, 5.74) is -0.221. The van der Waals surface area contributed by atoms with Crippen molar-refractivity contribution in [3.63, 3.8) is 0 Å². The number of nitrogens with zero attached hydrogens (tertiary/aromatic N) is 4. The second-order valence-electron chi connectivity index (χ2n) is 7.56. The van der Waals surface area contributed by atoms with Gasteiger partial charge < -0.3 is 10.2 Å². The lowest BCUT2D eigenvalue weighted by Gasteiger charge is -2.34. The number of aromatic nitrogens is 2. The molecule has 7 nitrogen and oxygen atoms in total. The zero-order valence-corrected chi connectivity index (χ0v) is 17.5. The van der Waals surface area contributed by atoms with E-state index >= 15 is 0 Å². The number of carbonyl (C=O) groups excluding carboxylic acids is 2. The van der Waals surface area contributed by atoms with Crippen molar-refractivity contribution in [2.24, 2.45) is 0 Å². The molecule has 27 heavy (non-hydrogen) atoms. The zero-order chi connectivity index (χ0) is 19.4. The fourth-order valence-electron chi connectivity index (χ4n) is 2.92. The van der Waals surface area contributed by atoms with Gasteiger partial charge >= 0.3 is 0 Å². The second-order valence-corrected chi connectivity index (χ2v) is 9.42. The Hall–Kier alpha value is -1.71. The molecule has 3 heterocycles. The van der Waals surface area contributed by atoms with Gasteiger partial charge in [-0.2, -0.15) is 0 Å². The molecular formula is C18H25N5O2S2. The quantitative estimate of drug-likeness (QED) is 0.602. The molecule has 0 spiro atoms. The highest BCUT2D eigenvalue weighted by atomic mass is 32.2. The summed E-state index contributed by atoms with van der Waals surface area (Å²) in [6.45, 7) is 9.04. The normalized spacial score (nSPS) is 15.9. The summed E-state index contributed by atoms with van der Waals surface area (Å²) in [4.78, 5) is 38.0. The molecule has 2 aromatic rings. The Morgan fingerprint density at radius 3 is 2.67 bits per heavy atom. The van der Waals surface area contributed by atoms with Gasteiger partial charge in [-0.1, -0.05) is 11.8 Å². The Morgan fingerprint density at radius 1 is 1.22 bits per heavy atom. The minimum absolute atomic E-state index is 0.0290. The van der Waals surface area contributed by atoms with Crippen molar-refractivity contribution in [2.45, 2.75) is 31.3 Å². The molecule has 146 valence electrons. The van der Waals surface area contributed by atoms with Gasteiger partial charge in [-0.15, -0.1) is 11.3 Å². The van der Waals surface area contributed by atoms with E-state index in [4.69, 9.17) is 0 Å². The van der Waals surface area contributed by atoms with Crippen LogP contribution < -0.4 is 5.32 Å². The standard InChI is InChI=1S/C18H25N5O2S2/c1-18(2,3)21-14(24)10-22-5-7-23(8-6-22)15(25)11-27-17-13-4-9-26-16(13)19-12-20-17/h4,9,12H,5-8,10-11H2,1-3H3,(H,21,24). The molecular weight excluding hydrogens is 382 g/mol. The van der Waals surface area contributed by atoms with Crippen molar-refractivity contribution < 1.29 is 9.59 Å². The maximum atomic E-state index is 12.5. The highest BCUT2D eigenvalue weighted by molar-refractivity contribution is 8.00. The van der Waals surface area contributed by atoms with Crippen molar-refractivity contribution in [3.8, 4) is 0 Å². The number of fused-ring (bicyclic) bond motifs is 1. The van der Waals surface area contributed by atoms with Gasteiger partial charge in [0.25, 0.3) is 0 Å². The molecule has 0 radical (unpaired) electrons. The number of thiophene rings is 1. The van der Waals surface area contributed by atoms with E-state index < -0.39 is 0 Å². The lowest BCUT2D eigenvalue weighted by atomic mass is 10.1. The first kappa shape index (κ1) is 20.0. The molecule has 1 aliphatic heterocycles. The molecule has 2 aromatic heterocycles. The van der Waals surface area contributed by atoms with Gasteiger partial charge in [-0.3, -0.25) is 14.5 Å². The Balaban J connectivity index is 1.45. The first-order valence-electron chi connectivity index (χ1n) is 8.94. The lowest BCUT2D eigenvalue weighted by molar-refractivity contribution is -0.130. The molecule has 1 N–H and O–H groups in total. The van der Waals surface area contributed by atoms with Crippen molar-refractivity contribution in [2.75, 3.05) is 38.5 Å². The summed E-state index contributed by atoms with van der Waals surface area (Å²) >= 11 is 3.03. The van der Waals surface area contributed by atoms with Crippen LogP contribution in [-0.4, -0.2) is 75.6 Å². The van der Waals surface area contributed by atoms with Crippen LogP contribution in [-0.2, 0) is 9.59 Å². The van der Waals surface area contributed by atoms with Gasteiger partial charge in [0, 0.05) is 37.1 Å². The van der Waals surface area contributed by atoms with Crippen LogP contribution in [0, 0.1) is 0 Å². The molecule has 3 rings (SSSR count). The number of piperazine rings is 1. The molecule has 1 fully saturated rings. The first-order chi connectivity index (χ1) is 12.8. The maximum Gasteiger partial charge on any atom is 0.234 e. The van der Waals surface area contributed by atoms with Gasteiger partial charge in [0.15, 0.2) is 0 Å². The molecule has 9 heteroatoms. The summed E-state index contributed by atoms with van der Waals surface area (Å²) < 4.78 is 0. The summed E-state index contributed by atoms with van der Waals surface area (Å²) in [6.07, 6.45) is 1.55. The topological polar surface area (TPSA) is 78.4 Å². The number of hydrogen-bond acceptors (Lipinski definition) is 7. The van der Waals surface area contributed by atoms with E-state index in [1.165, 1.54) is 11.8 Å². The van der Waals surface area contributed by atoms with Crippen LogP contribution in [0.15, 0.2) is 22.8 Å². The van der Waals surface area contributed by atoms with E-state index in [1.807, 2.05) is 37.1 Å². The second kappa shape index (κ2) is 8.53. The summed E-state index contributed by atoms with van der Waals surface area (Å²) in [5.74, 6) is 0.508. The third kappa shape index (κ3) is 5.63. The number of hydrogen-bond donors (Lipinski definition) is 1. The van der Waals surface area contributed by atoms with Crippen LogP contribution in [0.5, 0.6) is 0 Å². The Kier molecular flexibility index (Phi) is 6.33. The maximum absolute atomic E-state index is 12.5. The van der Waals surface area contributed by atoms with E-state index in [2.05, 4.69) is 20.2 Å². The molecule has 0 atom stereocenters. The number of amides is 2. The predicted octanol–water partition coefficient (Wildman–Crippen LogP) is 1.84. The fourth-order valence-corrected chi connectivity index (χ4v) is 4.60. The van der Waals surface area contributed by atoms with Gasteiger partial charge in [0.2, 0.25) is 11.8 Å². The van der Waals surface area contributed by atoms with Crippen molar-refractivity contribution in [3.05, 3.63) is 17.8 Å². The van der Waals surface area contributed by atoms with Gasteiger partial charge in [0.1, 0.15) is 16.2 Å². The predicted molar refractivity (Wildman–Crippen MR) is 109 cm³/mol. The van der Waals surface area contributed by atoms with E-state index in [0.717, 1.165) is 28.3 Å². The number of thioether (sulfide) groups is 1. The van der Waals surface area contributed by atoms with E-state index in [0.29, 0.717) is 25.4 Å². The highest BCUT2D eigenvalue weighted by Gasteiger charge is 2.24. The molecule has 0 aliphatic carbocycles. The molecule has 1 saturated heterocycles. The van der Waals surface area contributed by atoms with Gasteiger partial charge in [-0.05, 0) is 32.2 Å². The highest BCUT2D eigenvalue weighted by Crippen LogP contribution is 2.27. The van der Waals surface area contributed by atoms with E-state index in [9.17, 15) is 9.59 Å². The molecule has 0 aromatic carbocycles. The Bertz CT molecular complexity index is 809. The van der Waals surface area contributed by atoms with Gasteiger partial charge in [0.05, 0.1) is 12.3 Å². The zero-order valence-electron chi connectivity index (χ0n) is 15.9. The molecule has 0 saturated carbocycles. The van der Waals surface area contributed by atoms with E-state index in [1.54, 1.807) is 17.7 Å². The Morgan fingerprint density at radius 2 is 1.96 bits per heavy atom. The average Bonchev–Trinajstić information content (AvgIpc) is 3.08. The van der Waals surface area contributed by atoms with Crippen LogP contribution in [0.2, 0.25) is 0 Å². The Labute approximate surface area is 167 Å². The van der Waals surface area contributed by atoms with E-state index in [-0.39, 0.29) is 17.4 Å². The van der Waals surface area contributed by atoms with Crippen LogP contribution in [0.4, 0.5) is 0 Å². The minimum atomic E-state index is -0.221. The minimum Gasteiger partial charge on any atom is -0.350 e. The van der Waals surface area contributed by atoms with Crippen LogP contribution in [0.3, 0.4) is 0 Å². The molecule has 0 bridgehead atoms. The lowest BCUT2D eigenvalue weighted by Crippen LogP contribution is -2.53. The summed E-state index contributed by atoms with van der Waals surface area (Å²) in [5, 5.41) is 6.82. The molecule has 0 unspecified atom stereocenters. The van der Waals surface area contributed by atoms with Crippen molar-refractivity contribution >= 4 is 45.1 Å². The fraction of sp³-hybridized carbons (Fsp3) is 0.556. The summed E-state index contributed by atoms with van der Waals surface area (Å²) in [6, 6.07) is 1.99. The molecule has 1 aliphatic rings. The van der Waals surface area contributed by atoms with Crippen LogP contribution in [0.1, 0.15) is 20.8 Å². The van der Waals surface area contributed by atoms with Gasteiger partial charge in [-0.25, -0.2) is 9.97 Å². The largest absolute Gasteiger partial charge is 0.350 e. The number of nitrogens with one attached hydrogen (secondary N) is 1. The third-order valence-electron chi connectivity index (χ3n) is 4.16. The van der Waals surface area contributed by atoms with Crippen molar-refractivity contribution in [1.29, 1.82) is 0 Å². The average molecular weight is 408 g/mol. The van der Waals surface area contributed by atoms with Crippen molar-refractivity contribution in [1.82, 2.24) is 25.1 Å². The number of rotatable bonds is 5. The van der Waals surface area contributed by atoms with Crippen LogP contribution >= 0.6 is 23.1 Å².